The molecule has 0 radical (unpaired) electrons. The molecule has 1 aliphatic carbocycles. The van der Waals surface area contributed by atoms with Crippen molar-refractivity contribution < 1.29 is 14.3 Å². The summed E-state index contributed by atoms with van der Waals surface area (Å²) in [5.41, 5.74) is 2.45. The van der Waals surface area contributed by atoms with E-state index in [9.17, 15) is 9.59 Å². The van der Waals surface area contributed by atoms with Crippen LogP contribution in [-0.4, -0.2) is 43.5 Å². The highest BCUT2D eigenvalue weighted by molar-refractivity contribution is 5.94. The highest BCUT2D eigenvalue weighted by Gasteiger charge is 2.30. The largest absolute Gasteiger partial charge is 0.497 e. The molecular weight excluding hydrogens is 342 g/mol. The Hall–Kier alpha value is -2.86. The average Bonchev–Trinajstić information content (AvgIpc) is 3.53. The fraction of sp³-hybridized carbons (Fsp3) is 0.333. The Balaban J connectivity index is 1.60. The van der Waals surface area contributed by atoms with Gasteiger partial charge in [0.05, 0.1) is 13.7 Å². The van der Waals surface area contributed by atoms with Crippen LogP contribution in [0.1, 0.15) is 28.8 Å². The SMILES string of the molecule is CNC(=O)c1ccc(CN(CC(=O)Nc2cccc(OC)c2)C2CC2)cc1. The van der Waals surface area contributed by atoms with Crippen molar-refractivity contribution >= 4 is 17.5 Å². The number of ether oxygens (including phenoxy) is 1. The Labute approximate surface area is 159 Å². The molecule has 2 N–H and O–H groups in total. The van der Waals surface area contributed by atoms with Crippen molar-refractivity contribution in [2.45, 2.75) is 25.4 Å². The Morgan fingerprint density at radius 3 is 2.52 bits per heavy atom. The number of nitrogens with zero attached hydrogens (tertiary/aromatic N) is 1. The van der Waals surface area contributed by atoms with Crippen LogP contribution in [-0.2, 0) is 11.3 Å². The summed E-state index contributed by atoms with van der Waals surface area (Å²) in [5, 5.41) is 5.55. The summed E-state index contributed by atoms with van der Waals surface area (Å²) < 4.78 is 5.19. The highest BCUT2D eigenvalue weighted by Crippen LogP contribution is 2.28. The zero-order chi connectivity index (χ0) is 19.2. The van der Waals surface area contributed by atoms with Gasteiger partial charge < -0.3 is 15.4 Å². The van der Waals surface area contributed by atoms with Crippen molar-refractivity contribution in [3.05, 3.63) is 59.7 Å². The lowest BCUT2D eigenvalue weighted by molar-refractivity contribution is -0.117. The van der Waals surface area contributed by atoms with Gasteiger partial charge >= 0.3 is 0 Å². The molecule has 0 bridgehead atoms. The van der Waals surface area contributed by atoms with E-state index < -0.39 is 0 Å². The third-order valence-corrected chi connectivity index (χ3v) is 4.59. The molecule has 1 aliphatic rings. The maximum Gasteiger partial charge on any atom is 0.251 e. The van der Waals surface area contributed by atoms with Gasteiger partial charge in [0, 0.05) is 37.0 Å². The van der Waals surface area contributed by atoms with Crippen LogP contribution in [0.15, 0.2) is 48.5 Å². The van der Waals surface area contributed by atoms with Crippen molar-refractivity contribution in [1.82, 2.24) is 10.2 Å². The van der Waals surface area contributed by atoms with Crippen LogP contribution in [0.2, 0.25) is 0 Å². The van der Waals surface area contributed by atoms with E-state index >= 15 is 0 Å². The second kappa shape index (κ2) is 8.68. The van der Waals surface area contributed by atoms with Crippen molar-refractivity contribution in [1.29, 1.82) is 0 Å². The van der Waals surface area contributed by atoms with Crippen LogP contribution in [0, 0.1) is 0 Å². The molecule has 0 heterocycles. The molecule has 0 saturated heterocycles. The first-order chi connectivity index (χ1) is 13.1. The maximum absolute atomic E-state index is 12.5. The average molecular weight is 367 g/mol. The van der Waals surface area contributed by atoms with E-state index in [1.165, 1.54) is 0 Å². The van der Waals surface area contributed by atoms with E-state index in [4.69, 9.17) is 4.74 Å². The third kappa shape index (κ3) is 5.31. The predicted octanol–water partition coefficient (Wildman–Crippen LogP) is 2.66. The predicted molar refractivity (Wildman–Crippen MR) is 105 cm³/mol. The zero-order valence-electron chi connectivity index (χ0n) is 15.7. The van der Waals surface area contributed by atoms with E-state index in [1.807, 2.05) is 42.5 Å². The number of rotatable bonds is 8. The minimum absolute atomic E-state index is 0.0443. The first kappa shape index (κ1) is 18.9. The van der Waals surface area contributed by atoms with E-state index in [1.54, 1.807) is 20.2 Å². The fourth-order valence-corrected chi connectivity index (χ4v) is 2.98. The van der Waals surface area contributed by atoms with Crippen molar-refractivity contribution in [3.8, 4) is 5.75 Å². The molecule has 1 saturated carbocycles. The van der Waals surface area contributed by atoms with Gasteiger partial charge in [0.15, 0.2) is 0 Å². The Morgan fingerprint density at radius 2 is 1.89 bits per heavy atom. The molecule has 142 valence electrons. The molecular formula is C21H25N3O3. The lowest BCUT2D eigenvalue weighted by atomic mass is 10.1. The lowest BCUT2D eigenvalue weighted by Crippen LogP contribution is -2.34. The van der Waals surface area contributed by atoms with Gasteiger partial charge in [0.2, 0.25) is 5.91 Å². The minimum Gasteiger partial charge on any atom is -0.497 e. The summed E-state index contributed by atoms with van der Waals surface area (Å²) in [6.07, 6.45) is 2.23. The smallest absolute Gasteiger partial charge is 0.251 e. The number of anilines is 1. The van der Waals surface area contributed by atoms with Crippen LogP contribution in [0.4, 0.5) is 5.69 Å². The molecule has 6 nitrogen and oxygen atoms in total. The van der Waals surface area contributed by atoms with E-state index in [0.717, 1.165) is 24.1 Å². The number of carbonyl (C=O) groups is 2. The summed E-state index contributed by atoms with van der Waals surface area (Å²) in [6, 6.07) is 15.3. The third-order valence-electron chi connectivity index (χ3n) is 4.59. The molecule has 0 spiro atoms. The Morgan fingerprint density at radius 1 is 1.15 bits per heavy atom. The summed E-state index contributed by atoms with van der Waals surface area (Å²) in [5.74, 6) is 0.568. The summed E-state index contributed by atoms with van der Waals surface area (Å²) in [4.78, 5) is 26.3. The number of hydrogen-bond donors (Lipinski definition) is 2. The zero-order valence-corrected chi connectivity index (χ0v) is 15.7. The molecule has 6 heteroatoms. The van der Waals surface area contributed by atoms with Gasteiger partial charge in [-0.2, -0.15) is 0 Å². The molecule has 0 atom stereocenters. The van der Waals surface area contributed by atoms with Gasteiger partial charge in [-0.25, -0.2) is 0 Å². The van der Waals surface area contributed by atoms with Gasteiger partial charge in [0.25, 0.3) is 5.91 Å². The Kier molecular flexibility index (Phi) is 6.08. The topological polar surface area (TPSA) is 70.7 Å². The van der Waals surface area contributed by atoms with E-state index in [-0.39, 0.29) is 11.8 Å². The van der Waals surface area contributed by atoms with Crippen molar-refractivity contribution in [2.75, 3.05) is 26.0 Å². The molecule has 2 aromatic rings. The van der Waals surface area contributed by atoms with Gasteiger partial charge in [-0.05, 0) is 42.7 Å². The van der Waals surface area contributed by atoms with Crippen molar-refractivity contribution in [3.63, 3.8) is 0 Å². The second-order valence-corrected chi connectivity index (χ2v) is 6.69. The molecule has 2 amide bonds. The van der Waals surface area contributed by atoms with Gasteiger partial charge in [-0.1, -0.05) is 18.2 Å². The lowest BCUT2D eigenvalue weighted by Gasteiger charge is -2.21. The molecule has 3 rings (SSSR count). The van der Waals surface area contributed by atoms with Crippen LogP contribution in [0.3, 0.4) is 0 Å². The monoisotopic (exact) mass is 367 g/mol. The molecule has 0 aromatic heterocycles. The molecule has 0 aliphatic heterocycles. The molecule has 0 unspecified atom stereocenters. The first-order valence-electron chi connectivity index (χ1n) is 9.08. The number of methoxy groups -OCH3 is 1. The highest BCUT2D eigenvalue weighted by atomic mass is 16.5. The maximum atomic E-state index is 12.5. The van der Waals surface area contributed by atoms with Crippen molar-refractivity contribution in [2.24, 2.45) is 0 Å². The Bertz CT molecular complexity index is 801. The normalized spacial score (nSPS) is 13.3. The number of amides is 2. The standard InChI is InChI=1S/C21H25N3O3/c1-22-21(26)16-8-6-15(7-9-16)13-24(18-10-11-18)14-20(25)23-17-4-3-5-19(12-17)27-2/h3-9,12,18H,10-11,13-14H2,1-2H3,(H,22,26)(H,23,25). The van der Waals surface area contributed by atoms with Gasteiger partial charge in [-0.3, -0.25) is 14.5 Å². The quantitative estimate of drug-likeness (QED) is 0.753. The number of hydrogen-bond acceptors (Lipinski definition) is 4. The van der Waals surface area contributed by atoms with Crippen LogP contribution >= 0.6 is 0 Å². The fourth-order valence-electron chi connectivity index (χ4n) is 2.98. The van der Waals surface area contributed by atoms with E-state index in [2.05, 4.69) is 15.5 Å². The van der Waals surface area contributed by atoms with Crippen LogP contribution in [0.25, 0.3) is 0 Å². The number of carbonyl (C=O) groups excluding carboxylic acids is 2. The molecule has 2 aromatic carbocycles. The van der Waals surface area contributed by atoms with Gasteiger partial charge in [0.1, 0.15) is 5.75 Å². The molecule has 27 heavy (non-hydrogen) atoms. The van der Waals surface area contributed by atoms with Crippen LogP contribution < -0.4 is 15.4 Å². The summed E-state index contributed by atoms with van der Waals surface area (Å²) in [7, 11) is 3.22. The van der Waals surface area contributed by atoms with E-state index in [0.29, 0.717) is 30.4 Å². The summed E-state index contributed by atoms with van der Waals surface area (Å²) in [6.45, 7) is 1.02. The first-order valence-corrected chi connectivity index (χ1v) is 9.08. The van der Waals surface area contributed by atoms with Gasteiger partial charge in [-0.15, -0.1) is 0 Å². The minimum atomic E-state index is -0.0988. The second-order valence-electron chi connectivity index (χ2n) is 6.69. The molecule has 1 fully saturated rings. The summed E-state index contributed by atoms with van der Waals surface area (Å²) >= 11 is 0. The number of benzene rings is 2. The number of nitrogens with one attached hydrogen (secondary N) is 2. The van der Waals surface area contributed by atoms with Crippen LogP contribution in [0.5, 0.6) is 5.75 Å².